The van der Waals surface area contributed by atoms with E-state index < -0.39 is 15.9 Å². The van der Waals surface area contributed by atoms with E-state index in [0.29, 0.717) is 0 Å². The van der Waals surface area contributed by atoms with Gasteiger partial charge >= 0.3 is 6.03 Å². The lowest BCUT2D eigenvalue weighted by Gasteiger charge is -2.17. The van der Waals surface area contributed by atoms with Crippen molar-refractivity contribution in [3.8, 4) is 0 Å². The van der Waals surface area contributed by atoms with Crippen LogP contribution in [-0.4, -0.2) is 32.3 Å². The quantitative estimate of drug-likeness (QED) is 0.816. The van der Waals surface area contributed by atoms with Gasteiger partial charge in [0.15, 0.2) is 9.84 Å². The van der Waals surface area contributed by atoms with Crippen molar-refractivity contribution >= 4 is 15.9 Å². The van der Waals surface area contributed by atoms with E-state index in [1.807, 2.05) is 19.1 Å². The maximum atomic E-state index is 12.3. The van der Waals surface area contributed by atoms with Gasteiger partial charge in [-0.25, -0.2) is 13.2 Å². The Kier molecular flexibility index (Phi) is 5.24. The van der Waals surface area contributed by atoms with Gasteiger partial charge in [-0.05, 0) is 38.8 Å². The smallest absolute Gasteiger partial charge is 0.315 e. The first-order chi connectivity index (χ1) is 10.4. The van der Waals surface area contributed by atoms with Gasteiger partial charge in [0.25, 0.3) is 0 Å². The molecule has 2 N–H and O–H groups in total. The molecule has 0 unspecified atom stereocenters. The van der Waals surface area contributed by atoms with Crippen molar-refractivity contribution in [2.45, 2.75) is 43.7 Å². The van der Waals surface area contributed by atoms with Crippen LogP contribution < -0.4 is 10.6 Å². The lowest BCUT2D eigenvalue weighted by atomic mass is 10.2. The molecule has 0 saturated carbocycles. The Labute approximate surface area is 131 Å². The van der Waals surface area contributed by atoms with Crippen LogP contribution in [0.5, 0.6) is 0 Å². The normalized spacial score (nSPS) is 16.5. The lowest BCUT2D eigenvalue weighted by Crippen LogP contribution is -2.46. The average Bonchev–Trinajstić information content (AvgIpc) is 2.90. The van der Waals surface area contributed by atoms with Gasteiger partial charge in [-0.3, -0.25) is 0 Å². The van der Waals surface area contributed by atoms with Crippen LogP contribution in [0.2, 0.25) is 0 Å². The van der Waals surface area contributed by atoms with Crippen LogP contribution in [-0.2, 0) is 9.84 Å². The number of urea groups is 1. The highest BCUT2D eigenvalue weighted by molar-refractivity contribution is 7.91. The van der Waals surface area contributed by atoms with E-state index >= 15 is 0 Å². The van der Waals surface area contributed by atoms with Crippen molar-refractivity contribution in [2.24, 2.45) is 0 Å². The molecule has 0 aliphatic heterocycles. The Morgan fingerprint density at radius 3 is 2.41 bits per heavy atom. The number of hydrogen-bond acceptors (Lipinski definition) is 3. The third kappa shape index (κ3) is 4.59. The molecule has 120 valence electrons. The summed E-state index contributed by atoms with van der Waals surface area (Å²) in [5.41, 5.74) is 1.01. The van der Waals surface area contributed by atoms with Crippen molar-refractivity contribution in [1.29, 1.82) is 0 Å². The summed E-state index contributed by atoms with van der Waals surface area (Å²) in [7, 11) is -3.40. The first kappa shape index (κ1) is 16.5. The Morgan fingerprint density at radius 2 is 1.82 bits per heavy atom. The maximum absolute atomic E-state index is 12.3. The van der Waals surface area contributed by atoms with Crippen LogP contribution in [0.1, 0.15) is 25.3 Å². The maximum Gasteiger partial charge on any atom is 0.315 e. The molecule has 0 bridgehead atoms. The molecular formula is C16H22N2O3S. The van der Waals surface area contributed by atoms with Crippen LogP contribution in [0.15, 0.2) is 41.3 Å². The molecule has 0 heterocycles. The predicted molar refractivity (Wildman–Crippen MR) is 86.5 cm³/mol. The zero-order chi connectivity index (χ0) is 16.2. The third-order valence-electron chi connectivity index (χ3n) is 3.57. The van der Waals surface area contributed by atoms with Crippen LogP contribution in [0.3, 0.4) is 0 Å². The van der Waals surface area contributed by atoms with Gasteiger partial charge in [0.05, 0.1) is 10.6 Å². The highest BCUT2D eigenvalue weighted by Crippen LogP contribution is 2.13. The topological polar surface area (TPSA) is 75.3 Å². The van der Waals surface area contributed by atoms with Gasteiger partial charge in [-0.1, -0.05) is 29.8 Å². The van der Waals surface area contributed by atoms with Crippen molar-refractivity contribution in [3.05, 3.63) is 42.0 Å². The summed E-state index contributed by atoms with van der Waals surface area (Å²) in [6.45, 7) is 3.60. The zero-order valence-corrected chi connectivity index (χ0v) is 13.7. The molecule has 6 heteroatoms. The molecule has 1 aromatic carbocycles. The monoisotopic (exact) mass is 322 g/mol. The van der Waals surface area contributed by atoms with E-state index in [9.17, 15) is 13.2 Å². The fraction of sp³-hybridized carbons (Fsp3) is 0.438. The molecule has 2 rings (SSSR count). The first-order valence-electron chi connectivity index (χ1n) is 7.38. The first-order valence-corrected chi connectivity index (χ1v) is 9.03. The molecule has 1 aliphatic carbocycles. The molecule has 2 amide bonds. The standard InChI is InChI=1S/C16H22N2O3S/c1-12-7-9-15(10-8-12)22(20,21)11-13(2)17-16(19)18-14-5-3-4-6-14/h3-4,7-10,13-14H,5-6,11H2,1-2H3,(H2,17,18,19)/t13-/m0/s1. The van der Waals surface area contributed by atoms with E-state index in [-0.39, 0.29) is 22.7 Å². The minimum atomic E-state index is -3.40. The third-order valence-corrected chi connectivity index (χ3v) is 5.50. The SMILES string of the molecule is Cc1ccc(S(=O)(=O)C[C@H](C)NC(=O)NC2CC=CC2)cc1. The molecule has 0 fully saturated rings. The van der Waals surface area contributed by atoms with Crippen LogP contribution in [0, 0.1) is 6.92 Å². The molecule has 1 aromatic rings. The van der Waals surface area contributed by atoms with Gasteiger partial charge in [0.1, 0.15) is 0 Å². The fourth-order valence-electron chi connectivity index (χ4n) is 2.40. The zero-order valence-electron chi connectivity index (χ0n) is 12.9. The molecule has 1 atom stereocenters. The fourth-order valence-corrected chi connectivity index (χ4v) is 3.88. The summed E-state index contributed by atoms with van der Waals surface area (Å²) in [6, 6.07) is 6.07. The van der Waals surface area contributed by atoms with E-state index in [1.165, 1.54) is 0 Å². The van der Waals surface area contributed by atoms with Gasteiger partial charge in [-0.15, -0.1) is 0 Å². The van der Waals surface area contributed by atoms with Crippen LogP contribution in [0.4, 0.5) is 4.79 Å². The highest BCUT2D eigenvalue weighted by atomic mass is 32.2. The Bertz CT molecular complexity index is 642. The molecule has 0 saturated heterocycles. The largest absolute Gasteiger partial charge is 0.335 e. The summed E-state index contributed by atoms with van der Waals surface area (Å²) < 4.78 is 24.6. The number of nitrogens with one attached hydrogen (secondary N) is 2. The summed E-state index contributed by atoms with van der Waals surface area (Å²) in [5, 5.41) is 5.52. The summed E-state index contributed by atoms with van der Waals surface area (Å²) in [5.74, 6) is -0.119. The predicted octanol–water partition coefficient (Wildman–Crippen LogP) is 2.18. The van der Waals surface area contributed by atoms with Crippen molar-refractivity contribution in [1.82, 2.24) is 10.6 Å². The number of aryl methyl sites for hydroxylation is 1. The summed E-state index contributed by atoms with van der Waals surface area (Å²) in [4.78, 5) is 12.1. The lowest BCUT2D eigenvalue weighted by molar-refractivity contribution is 0.235. The average molecular weight is 322 g/mol. The van der Waals surface area contributed by atoms with Crippen molar-refractivity contribution < 1.29 is 13.2 Å². The van der Waals surface area contributed by atoms with Crippen LogP contribution in [0.25, 0.3) is 0 Å². The van der Waals surface area contributed by atoms with E-state index in [4.69, 9.17) is 0 Å². The summed E-state index contributed by atoms with van der Waals surface area (Å²) in [6.07, 6.45) is 5.69. The van der Waals surface area contributed by atoms with Crippen molar-refractivity contribution in [2.75, 3.05) is 5.75 Å². The Hall–Kier alpha value is -1.82. The van der Waals surface area contributed by atoms with E-state index in [2.05, 4.69) is 10.6 Å². The number of amides is 2. The number of hydrogen-bond donors (Lipinski definition) is 2. The second kappa shape index (κ2) is 6.96. The van der Waals surface area contributed by atoms with Crippen molar-refractivity contribution in [3.63, 3.8) is 0 Å². The van der Waals surface area contributed by atoms with Gasteiger partial charge < -0.3 is 10.6 Å². The number of benzene rings is 1. The molecule has 1 aliphatic rings. The van der Waals surface area contributed by atoms with Gasteiger partial charge in [0.2, 0.25) is 0 Å². The molecule has 5 nitrogen and oxygen atoms in total. The van der Waals surface area contributed by atoms with Gasteiger partial charge in [-0.2, -0.15) is 0 Å². The second-order valence-electron chi connectivity index (χ2n) is 5.75. The number of sulfone groups is 1. The summed E-state index contributed by atoms with van der Waals surface area (Å²) >= 11 is 0. The number of carbonyl (C=O) groups excluding carboxylic acids is 1. The number of carbonyl (C=O) groups is 1. The van der Waals surface area contributed by atoms with E-state index in [0.717, 1.165) is 18.4 Å². The molecule has 22 heavy (non-hydrogen) atoms. The molecule has 0 aromatic heterocycles. The van der Waals surface area contributed by atoms with Gasteiger partial charge in [0, 0.05) is 12.1 Å². The Balaban J connectivity index is 1.88. The highest BCUT2D eigenvalue weighted by Gasteiger charge is 2.20. The van der Waals surface area contributed by atoms with Crippen LogP contribution >= 0.6 is 0 Å². The minimum Gasteiger partial charge on any atom is -0.335 e. The molecule has 0 spiro atoms. The minimum absolute atomic E-state index is 0.112. The number of rotatable bonds is 5. The van der Waals surface area contributed by atoms with E-state index in [1.54, 1.807) is 31.2 Å². The second-order valence-corrected chi connectivity index (χ2v) is 7.79. The molecular weight excluding hydrogens is 300 g/mol. The Morgan fingerprint density at radius 1 is 1.23 bits per heavy atom. The molecule has 0 radical (unpaired) electrons.